The Morgan fingerprint density at radius 2 is 2.06 bits per heavy atom. The van der Waals surface area contributed by atoms with Gasteiger partial charge in [0, 0.05) is 18.4 Å². The summed E-state index contributed by atoms with van der Waals surface area (Å²) < 4.78 is 7.48. The number of aliphatic hydroxyl groups excluding tert-OH is 1. The molecule has 1 aromatic heterocycles. The van der Waals surface area contributed by atoms with Crippen LogP contribution in [0.2, 0.25) is 0 Å². The second-order valence-electron chi connectivity index (χ2n) is 10.5. The molecule has 1 heterocycles. The number of ether oxygens (including phenoxy) is 1. The van der Waals surface area contributed by atoms with Crippen LogP contribution >= 0.6 is 0 Å². The Bertz CT molecular complexity index is 1350. The third-order valence-electron chi connectivity index (χ3n) is 7.91. The molecule has 36 heavy (non-hydrogen) atoms. The Morgan fingerprint density at radius 3 is 2.86 bits per heavy atom. The second kappa shape index (κ2) is 11.0. The molecule has 0 amide bonds. The minimum Gasteiger partial charge on any atom is -0.496 e. The number of hydrogen-bond donors (Lipinski definition) is 2. The highest BCUT2D eigenvalue weighted by Crippen LogP contribution is 2.35. The van der Waals surface area contributed by atoms with Gasteiger partial charge in [0.25, 0.3) is 5.56 Å². The molecule has 3 atom stereocenters. The van der Waals surface area contributed by atoms with Gasteiger partial charge in [-0.2, -0.15) is 0 Å². The molecular formula is C31H38N2O3. The van der Waals surface area contributed by atoms with E-state index in [9.17, 15) is 9.90 Å². The molecule has 0 radical (unpaired) electrons. The number of methoxy groups -OCH3 is 1. The predicted octanol–water partition coefficient (Wildman–Crippen LogP) is 3.51. The molecular weight excluding hydrogens is 448 g/mol. The molecule has 5 rings (SSSR count). The molecule has 5 heteroatoms. The van der Waals surface area contributed by atoms with Crippen LogP contribution in [0.3, 0.4) is 0 Å². The van der Waals surface area contributed by atoms with Gasteiger partial charge in [-0.3, -0.25) is 10.1 Å². The average Bonchev–Trinajstić information content (AvgIpc) is 3.32. The van der Waals surface area contributed by atoms with Gasteiger partial charge in [-0.15, -0.1) is 0 Å². The lowest BCUT2D eigenvalue weighted by atomic mass is 9.97. The number of nitrogens with zero attached hydrogens (tertiary/aromatic N) is 1. The third-order valence-corrected chi connectivity index (χ3v) is 7.91. The normalized spacial score (nSPS) is 21.1. The summed E-state index contributed by atoms with van der Waals surface area (Å²) >= 11 is 0. The van der Waals surface area contributed by atoms with Gasteiger partial charge in [-0.05, 0) is 85.3 Å². The molecule has 3 unspecified atom stereocenters. The number of aliphatic hydroxyl groups is 1. The zero-order valence-electron chi connectivity index (χ0n) is 21.5. The number of fused-ring (bicyclic) bond motifs is 2. The molecule has 0 fully saturated rings. The van der Waals surface area contributed by atoms with Crippen LogP contribution in [0.1, 0.15) is 61.9 Å². The molecule has 0 spiro atoms. The maximum absolute atomic E-state index is 13.6. The zero-order chi connectivity index (χ0) is 25.1. The fourth-order valence-electron chi connectivity index (χ4n) is 5.83. The van der Waals surface area contributed by atoms with Crippen LogP contribution in [-0.4, -0.2) is 23.3 Å². The summed E-state index contributed by atoms with van der Waals surface area (Å²) in [6.45, 7) is 3.49. The van der Waals surface area contributed by atoms with Crippen LogP contribution in [0.15, 0.2) is 52.9 Å². The van der Waals surface area contributed by atoms with E-state index in [1.165, 1.54) is 16.7 Å². The Hall–Kier alpha value is -2.89. The number of rotatable bonds is 9. The van der Waals surface area contributed by atoms with Crippen molar-refractivity contribution in [2.24, 2.45) is 11.8 Å². The highest BCUT2D eigenvalue weighted by molar-refractivity contribution is 5.43. The van der Waals surface area contributed by atoms with E-state index < -0.39 is 6.23 Å². The van der Waals surface area contributed by atoms with Crippen molar-refractivity contribution in [3.05, 3.63) is 85.7 Å². The molecule has 5 nitrogen and oxygen atoms in total. The molecule has 190 valence electrons. The monoisotopic (exact) mass is 486 g/mol. The summed E-state index contributed by atoms with van der Waals surface area (Å²) in [5.41, 5.74) is 4.31. The number of aromatic nitrogens is 1. The van der Waals surface area contributed by atoms with Gasteiger partial charge >= 0.3 is 0 Å². The standard InChI is InChI=1S/C31H38N2O3/c1-21-10-12-22(13-11-21)14-16-32-30(34)27-20-25-6-3-4-8-28(25)33(31(27)35)17-15-23-18-24-7-5-9-29(36-2)26(24)19-23/h5-10,12-13,20-21,23,30,32,34H,3-4,11,14-19H2,1-2H3. The first-order chi connectivity index (χ1) is 17.5. The fraction of sp³-hybridized carbons (Fsp3) is 0.452. The molecule has 0 bridgehead atoms. The Labute approximate surface area is 213 Å². The van der Waals surface area contributed by atoms with E-state index in [0.29, 0.717) is 30.5 Å². The lowest BCUT2D eigenvalue weighted by Crippen LogP contribution is -2.47. The van der Waals surface area contributed by atoms with Crippen LogP contribution in [0.5, 0.6) is 5.75 Å². The van der Waals surface area contributed by atoms with Crippen molar-refractivity contribution < 1.29 is 9.84 Å². The summed E-state index contributed by atoms with van der Waals surface area (Å²) in [4.78, 5) is 13.6. The van der Waals surface area contributed by atoms with Crippen LogP contribution in [-0.2, 0) is 19.4 Å². The smallest absolute Gasteiger partial charge is 0.258 e. The van der Waals surface area contributed by atoms with E-state index in [0.717, 1.165) is 61.3 Å². The number of benzene rings is 1. The van der Waals surface area contributed by atoms with Crippen molar-refractivity contribution in [3.8, 4) is 5.75 Å². The van der Waals surface area contributed by atoms with Gasteiger partial charge in [-0.25, -0.2) is 0 Å². The highest BCUT2D eigenvalue weighted by Gasteiger charge is 2.25. The zero-order valence-corrected chi connectivity index (χ0v) is 21.5. The topological polar surface area (TPSA) is 63.5 Å². The first kappa shape index (κ1) is 24.8. The first-order valence-corrected chi connectivity index (χ1v) is 13.4. The number of allylic oxidation sites excluding steroid dienone is 3. The van der Waals surface area contributed by atoms with Crippen LogP contribution in [0.4, 0.5) is 0 Å². The average molecular weight is 487 g/mol. The maximum atomic E-state index is 13.6. The quantitative estimate of drug-likeness (QED) is 0.533. The Morgan fingerprint density at radius 1 is 1.19 bits per heavy atom. The first-order valence-electron chi connectivity index (χ1n) is 13.4. The van der Waals surface area contributed by atoms with Crippen molar-refractivity contribution >= 4 is 12.2 Å². The van der Waals surface area contributed by atoms with Crippen LogP contribution in [0.25, 0.3) is 12.2 Å². The van der Waals surface area contributed by atoms with Crippen LogP contribution in [0, 0.1) is 11.8 Å². The number of pyridine rings is 1. The lowest BCUT2D eigenvalue weighted by Gasteiger charge is -2.19. The fourth-order valence-corrected chi connectivity index (χ4v) is 5.83. The van der Waals surface area contributed by atoms with Gasteiger partial charge < -0.3 is 14.4 Å². The summed E-state index contributed by atoms with van der Waals surface area (Å²) in [6, 6.07) is 8.17. The molecule has 2 aromatic rings. The van der Waals surface area contributed by atoms with Crippen molar-refractivity contribution in [2.45, 2.75) is 64.6 Å². The molecule has 3 aliphatic carbocycles. The Kier molecular flexibility index (Phi) is 7.59. The van der Waals surface area contributed by atoms with Gasteiger partial charge in [0.2, 0.25) is 0 Å². The summed E-state index contributed by atoms with van der Waals surface area (Å²) in [6.07, 6.45) is 16.8. The summed E-state index contributed by atoms with van der Waals surface area (Å²) in [7, 11) is 1.73. The molecule has 1 aromatic carbocycles. The van der Waals surface area contributed by atoms with E-state index in [-0.39, 0.29) is 5.56 Å². The van der Waals surface area contributed by atoms with Gasteiger partial charge in [0.05, 0.1) is 12.7 Å². The minimum absolute atomic E-state index is 0.0843. The second-order valence-corrected chi connectivity index (χ2v) is 10.5. The van der Waals surface area contributed by atoms with Crippen molar-refractivity contribution in [2.75, 3.05) is 13.7 Å². The lowest BCUT2D eigenvalue weighted by molar-refractivity contribution is 0.137. The molecule has 0 saturated heterocycles. The van der Waals surface area contributed by atoms with E-state index in [1.54, 1.807) is 7.11 Å². The summed E-state index contributed by atoms with van der Waals surface area (Å²) in [5.74, 6) is 2.05. The van der Waals surface area contributed by atoms with Crippen LogP contribution < -0.4 is 26.2 Å². The predicted molar refractivity (Wildman–Crippen MR) is 145 cm³/mol. The van der Waals surface area contributed by atoms with Gasteiger partial charge in [-0.1, -0.05) is 55.0 Å². The molecule has 3 aliphatic rings. The van der Waals surface area contributed by atoms with E-state index in [2.05, 4.69) is 54.8 Å². The van der Waals surface area contributed by atoms with Gasteiger partial charge in [0.15, 0.2) is 0 Å². The minimum atomic E-state index is -0.975. The van der Waals surface area contributed by atoms with E-state index in [4.69, 9.17) is 4.74 Å². The number of hydrogen-bond acceptors (Lipinski definition) is 4. The maximum Gasteiger partial charge on any atom is 0.258 e. The molecule has 2 N–H and O–H groups in total. The SMILES string of the molecule is COc1cccc2c1CC(CCn1c(=O)c(C(O)NCCC3=CCC(C)C=C3)cc3c1=CCCC=3)C2. The number of nitrogens with one attached hydrogen (secondary N) is 1. The van der Waals surface area contributed by atoms with E-state index >= 15 is 0 Å². The summed E-state index contributed by atoms with van der Waals surface area (Å²) in [5, 5.41) is 16.2. The van der Waals surface area contributed by atoms with Crippen molar-refractivity contribution in [3.63, 3.8) is 0 Å². The molecule has 0 saturated carbocycles. The Balaban J connectivity index is 1.31. The van der Waals surface area contributed by atoms with Crippen molar-refractivity contribution in [1.82, 2.24) is 9.88 Å². The third kappa shape index (κ3) is 5.28. The van der Waals surface area contributed by atoms with Gasteiger partial charge in [0.1, 0.15) is 12.0 Å². The largest absolute Gasteiger partial charge is 0.496 e. The van der Waals surface area contributed by atoms with Crippen molar-refractivity contribution in [1.29, 1.82) is 0 Å². The highest BCUT2D eigenvalue weighted by atomic mass is 16.5. The molecule has 0 aliphatic heterocycles. The van der Waals surface area contributed by atoms with E-state index in [1.807, 2.05) is 16.7 Å².